The third-order valence-electron chi connectivity index (χ3n) is 2.05. The number of nitrogens with one attached hydrogen (secondary N) is 1. The lowest BCUT2D eigenvalue weighted by Gasteiger charge is -2.00. The van der Waals surface area contributed by atoms with E-state index in [-0.39, 0.29) is 12.5 Å². The molecule has 0 aliphatic carbocycles. The minimum atomic E-state index is -0.129. The van der Waals surface area contributed by atoms with Crippen molar-refractivity contribution < 1.29 is 9.21 Å². The molecule has 2 aromatic heterocycles. The van der Waals surface area contributed by atoms with Crippen LogP contribution in [0.25, 0.3) is 11.6 Å². The molecule has 0 atom stereocenters. The Kier molecular flexibility index (Phi) is 3.49. The number of hydrogen-bond acceptors (Lipinski definition) is 5. The number of hydrogen-bond donors (Lipinski definition) is 1. The molecule has 7 nitrogen and oxygen atoms in total. The molecule has 0 aromatic carbocycles. The minimum absolute atomic E-state index is 0.0632. The highest BCUT2D eigenvalue weighted by Crippen LogP contribution is 2.12. The average Bonchev–Trinajstić information content (AvgIpc) is 2.95. The van der Waals surface area contributed by atoms with Gasteiger partial charge in [-0.3, -0.25) is 4.79 Å². The monoisotopic (exact) mass is 235 g/mol. The molecule has 1 amide bonds. The molecule has 0 aliphatic rings. The fourth-order valence-electron chi connectivity index (χ4n) is 1.26. The molecule has 0 saturated heterocycles. The molecule has 0 saturated carbocycles. The molecule has 2 rings (SSSR count). The van der Waals surface area contributed by atoms with Gasteiger partial charge in [0.15, 0.2) is 5.76 Å². The number of nitrogens with zero attached hydrogens (tertiary/aromatic N) is 4. The lowest BCUT2D eigenvalue weighted by atomic mass is 10.4. The molecule has 1 N–H and O–H groups in total. The Morgan fingerprint density at radius 3 is 3.18 bits per heavy atom. The van der Waals surface area contributed by atoms with Gasteiger partial charge in [-0.25, -0.2) is 0 Å². The van der Waals surface area contributed by atoms with Crippen LogP contribution in [0.3, 0.4) is 0 Å². The molecule has 90 valence electrons. The summed E-state index contributed by atoms with van der Waals surface area (Å²) in [6.45, 7) is 2.70. The maximum absolute atomic E-state index is 11.4. The van der Waals surface area contributed by atoms with Crippen molar-refractivity contribution in [1.29, 1.82) is 0 Å². The van der Waals surface area contributed by atoms with Crippen LogP contribution in [0.5, 0.6) is 0 Å². The van der Waals surface area contributed by atoms with E-state index in [0.29, 0.717) is 18.1 Å². The standard InChI is InChI=1S/C10H13N5O2/c1-2-5-11-9(16)7-15-13-10(12-14-15)8-4-3-6-17-8/h3-4,6H,2,5,7H2,1H3,(H,11,16). The number of carbonyl (C=O) groups is 1. The van der Waals surface area contributed by atoms with Gasteiger partial charge in [-0.2, -0.15) is 4.80 Å². The molecule has 0 aliphatic heterocycles. The van der Waals surface area contributed by atoms with Crippen LogP contribution in [-0.4, -0.2) is 32.7 Å². The first kappa shape index (κ1) is 11.3. The van der Waals surface area contributed by atoms with Crippen molar-refractivity contribution in [3.8, 4) is 11.6 Å². The third kappa shape index (κ3) is 2.90. The van der Waals surface area contributed by atoms with Gasteiger partial charge in [0.25, 0.3) is 0 Å². The molecule has 0 bridgehead atoms. The number of carbonyl (C=O) groups excluding carboxylic acids is 1. The molecule has 7 heteroatoms. The third-order valence-corrected chi connectivity index (χ3v) is 2.05. The summed E-state index contributed by atoms with van der Waals surface area (Å²) < 4.78 is 5.12. The summed E-state index contributed by atoms with van der Waals surface area (Å²) in [5, 5.41) is 14.3. The molecule has 2 heterocycles. The summed E-state index contributed by atoms with van der Waals surface area (Å²) in [5.74, 6) is 0.777. The minimum Gasteiger partial charge on any atom is -0.461 e. The van der Waals surface area contributed by atoms with Crippen LogP contribution in [0.2, 0.25) is 0 Å². The van der Waals surface area contributed by atoms with Gasteiger partial charge in [-0.05, 0) is 23.8 Å². The lowest BCUT2D eigenvalue weighted by Crippen LogP contribution is -2.29. The van der Waals surface area contributed by atoms with Gasteiger partial charge in [-0.1, -0.05) is 6.92 Å². The molecule has 17 heavy (non-hydrogen) atoms. The van der Waals surface area contributed by atoms with Crippen LogP contribution in [0.1, 0.15) is 13.3 Å². The summed E-state index contributed by atoms with van der Waals surface area (Å²) in [4.78, 5) is 12.6. The van der Waals surface area contributed by atoms with Gasteiger partial charge < -0.3 is 9.73 Å². The normalized spacial score (nSPS) is 10.4. The highest BCUT2D eigenvalue weighted by atomic mass is 16.3. The Morgan fingerprint density at radius 2 is 2.47 bits per heavy atom. The predicted molar refractivity (Wildman–Crippen MR) is 58.8 cm³/mol. The van der Waals surface area contributed by atoms with Crippen LogP contribution in [0, 0.1) is 0 Å². The second-order valence-electron chi connectivity index (χ2n) is 3.47. The number of aromatic nitrogens is 4. The highest BCUT2D eigenvalue weighted by molar-refractivity contribution is 5.75. The summed E-state index contributed by atoms with van der Waals surface area (Å²) in [6, 6.07) is 3.47. The van der Waals surface area contributed by atoms with Crippen molar-refractivity contribution >= 4 is 5.91 Å². The first-order chi connectivity index (χ1) is 8.29. The van der Waals surface area contributed by atoms with Crippen LogP contribution in [-0.2, 0) is 11.3 Å². The van der Waals surface area contributed by atoms with Crippen molar-refractivity contribution in [3.05, 3.63) is 18.4 Å². The van der Waals surface area contributed by atoms with E-state index in [0.717, 1.165) is 6.42 Å². The van der Waals surface area contributed by atoms with Gasteiger partial charge in [0.1, 0.15) is 6.54 Å². The van der Waals surface area contributed by atoms with Gasteiger partial charge >= 0.3 is 0 Å². The first-order valence-electron chi connectivity index (χ1n) is 5.38. The summed E-state index contributed by atoms with van der Waals surface area (Å²) in [6.07, 6.45) is 2.43. The Hall–Kier alpha value is -2.18. The fraction of sp³-hybridized carbons (Fsp3) is 0.400. The molecular weight excluding hydrogens is 222 g/mol. The average molecular weight is 235 g/mol. The number of amides is 1. The molecular formula is C10H13N5O2. The van der Waals surface area contributed by atoms with E-state index < -0.39 is 0 Å². The van der Waals surface area contributed by atoms with Gasteiger partial charge in [-0.15, -0.1) is 10.2 Å². The van der Waals surface area contributed by atoms with Gasteiger partial charge in [0, 0.05) is 6.54 Å². The Bertz CT molecular complexity index is 477. The van der Waals surface area contributed by atoms with E-state index in [1.54, 1.807) is 12.1 Å². The fourth-order valence-corrected chi connectivity index (χ4v) is 1.26. The second-order valence-corrected chi connectivity index (χ2v) is 3.47. The summed E-state index contributed by atoms with van der Waals surface area (Å²) in [5.41, 5.74) is 0. The molecule has 0 unspecified atom stereocenters. The van der Waals surface area contributed by atoms with Crippen molar-refractivity contribution in [2.24, 2.45) is 0 Å². The molecule has 0 fully saturated rings. The second kappa shape index (κ2) is 5.24. The maximum Gasteiger partial charge on any atom is 0.243 e. The zero-order valence-corrected chi connectivity index (χ0v) is 9.46. The van der Waals surface area contributed by atoms with E-state index in [2.05, 4.69) is 20.7 Å². The van der Waals surface area contributed by atoms with Crippen LogP contribution >= 0.6 is 0 Å². The summed E-state index contributed by atoms with van der Waals surface area (Å²) >= 11 is 0. The van der Waals surface area contributed by atoms with Crippen molar-refractivity contribution in [2.75, 3.05) is 6.54 Å². The zero-order chi connectivity index (χ0) is 12.1. The van der Waals surface area contributed by atoms with Crippen LogP contribution in [0.15, 0.2) is 22.8 Å². The van der Waals surface area contributed by atoms with Crippen LogP contribution in [0.4, 0.5) is 0 Å². The van der Waals surface area contributed by atoms with Gasteiger partial charge in [0.05, 0.1) is 6.26 Å². The first-order valence-corrected chi connectivity index (χ1v) is 5.38. The Balaban J connectivity index is 1.97. The quantitative estimate of drug-likeness (QED) is 0.813. The van der Waals surface area contributed by atoms with E-state index >= 15 is 0 Å². The number of rotatable bonds is 5. The lowest BCUT2D eigenvalue weighted by molar-refractivity contribution is -0.122. The van der Waals surface area contributed by atoms with E-state index in [1.807, 2.05) is 6.92 Å². The number of tetrazole rings is 1. The van der Waals surface area contributed by atoms with E-state index in [9.17, 15) is 4.79 Å². The van der Waals surface area contributed by atoms with Crippen LogP contribution < -0.4 is 5.32 Å². The zero-order valence-electron chi connectivity index (χ0n) is 9.46. The smallest absolute Gasteiger partial charge is 0.243 e. The predicted octanol–water partition coefficient (Wildman–Crippen LogP) is 0.459. The largest absolute Gasteiger partial charge is 0.461 e. The van der Waals surface area contributed by atoms with Crippen molar-refractivity contribution in [1.82, 2.24) is 25.5 Å². The Labute approximate surface area is 97.8 Å². The van der Waals surface area contributed by atoms with E-state index in [1.165, 1.54) is 11.1 Å². The molecule has 0 radical (unpaired) electrons. The Morgan fingerprint density at radius 1 is 1.59 bits per heavy atom. The molecule has 2 aromatic rings. The van der Waals surface area contributed by atoms with E-state index in [4.69, 9.17) is 4.42 Å². The topological polar surface area (TPSA) is 85.8 Å². The van der Waals surface area contributed by atoms with Crippen molar-refractivity contribution in [3.63, 3.8) is 0 Å². The highest BCUT2D eigenvalue weighted by Gasteiger charge is 2.10. The summed E-state index contributed by atoms with van der Waals surface area (Å²) in [7, 11) is 0. The maximum atomic E-state index is 11.4. The molecule has 0 spiro atoms. The van der Waals surface area contributed by atoms with Crippen molar-refractivity contribution in [2.45, 2.75) is 19.9 Å². The number of furan rings is 1. The SMILES string of the molecule is CCCNC(=O)Cn1nnc(-c2ccco2)n1. The van der Waals surface area contributed by atoms with Gasteiger partial charge in [0.2, 0.25) is 11.7 Å².